The maximum Gasteiger partial charge on any atom is 0.314 e. The highest BCUT2D eigenvalue weighted by molar-refractivity contribution is 5.73. The minimum atomic E-state index is -0.107. The van der Waals surface area contributed by atoms with Gasteiger partial charge in [0.2, 0.25) is 0 Å². The maximum atomic E-state index is 11.7. The summed E-state index contributed by atoms with van der Waals surface area (Å²) in [6.07, 6.45) is 3.61. The molecule has 5 nitrogen and oxygen atoms in total. The van der Waals surface area contributed by atoms with Crippen molar-refractivity contribution in [3.05, 3.63) is 35.9 Å². The molecule has 1 heterocycles. The molecule has 1 aliphatic heterocycles. The number of carbonyl (C=O) groups is 1. The van der Waals surface area contributed by atoms with Crippen LogP contribution in [0.25, 0.3) is 0 Å². The molecule has 5 heteroatoms. The van der Waals surface area contributed by atoms with Crippen LogP contribution in [0.3, 0.4) is 0 Å². The molecule has 0 aromatic heterocycles. The van der Waals surface area contributed by atoms with Gasteiger partial charge in [0, 0.05) is 19.7 Å². The normalized spacial score (nSPS) is 26.0. The molecule has 0 bridgehead atoms. The number of hydrogen-bond acceptors (Lipinski definition) is 3. The average molecular weight is 318 g/mol. The van der Waals surface area contributed by atoms with Crippen molar-refractivity contribution in [3.8, 4) is 0 Å². The summed E-state index contributed by atoms with van der Waals surface area (Å²) in [5.74, 6) is 1.17. The number of ether oxygens (including phenoxy) is 2. The van der Waals surface area contributed by atoms with Gasteiger partial charge < -0.3 is 20.1 Å². The molecule has 3 atom stereocenters. The summed E-state index contributed by atoms with van der Waals surface area (Å²) in [5, 5.41) is 5.78. The van der Waals surface area contributed by atoms with Gasteiger partial charge in [-0.3, -0.25) is 0 Å². The highest BCUT2D eigenvalue weighted by atomic mass is 16.5. The van der Waals surface area contributed by atoms with Crippen LogP contribution in [-0.2, 0) is 9.47 Å². The van der Waals surface area contributed by atoms with Crippen molar-refractivity contribution < 1.29 is 14.3 Å². The lowest BCUT2D eigenvalue weighted by Gasteiger charge is -2.11. The lowest BCUT2D eigenvalue weighted by Crippen LogP contribution is -2.38. The summed E-state index contributed by atoms with van der Waals surface area (Å²) in [6, 6.07) is 10.4. The molecule has 0 spiro atoms. The van der Waals surface area contributed by atoms with E-state index in [0.717, 1.165) is 32.4 Å². The fourth-order valence-electron chi connectivity index (χ4n) is 3.10. The van der Waals surface area contributed by atoms with E-state index in [1.165, 1.54) is 5.56 Å². The molecule has 0 radical (unpaired) electrons. The van der Waals surface area contributed by atoms with Crippen molar-refractivity contribution in [3.63, 3.8) is 0 Å². The van der Waals surface area contributed by atoms with E-state index < -0.39 is 0 Å². The topological polar surface area (TPSA) is 59.6 Å². The zero-order chi connectivity index (χ0) is 15.9. The van der Waals surface area contributed by atoms with Crippen LogP contribution >= 0.6 is 0 Å². The second-order valence-corrected chi connectivity index (χ2v) is 6.36. The molecule has 2 N–H and O–H groups in total. The zero-order valence-electron chi connectivity index (χ0n) is 13.5. The molecule has 1 saturated carbocycles. The van der Waals surface area contributed by atoms with Gasteiger partial charge in [0.05, 0.1) is 19.3 Å². The van der Waals surface area contributed by atoms with Crippen molar-refractivity contribution in [1.82, 2.24) is 10.6 Å². The molecule has 126 valence electrons. The summed E-state index contributed by atoms with van der Waals surface area (Å²) in [6.45, 7) is 3.28. The third-order valence-electron chi connectivity index (χ3n) is 4.53. The van der Waals surface area contributed by atoms with Crippen LogP contribution in [0, 0.1) is 5.92 Å². The number of nitrogens with one attached hydrogen (secondary N) is 2. The number of benzene rings is 1. The largest absolute Gasteiger partial charge is 0.377 e. The number of hydrogen-bond donors (Lipinski definition) is 2. The first-order chi connectivity index (χ1) is 11.3. The van der Waals surface area contributed by atoms with Crippen molar-refractivity contribution in [2.24, 2.45) is 5.92 Å². The molecule has 3 rings (SSSR count). The van der Waals surface area contributed by atoms with Crippen LogP contribution < -0.4 is 10.6 Å². The van der Waals surface area contributed by atoms with Crippen LogP contribution in [-0.4, -0.2) is 45.0 Å². The first kappa shape index (κ1) is 16.3. The van der Waals surface area contributed by atoms with Crippen LogP contribution in [0.15, 0.2) is 30.3 Å². The van der Waals surface area contributed by atoms with E-state index in [9.17, 15) is 4.79 Å². The van der Waals surface area contributed by atoms with Crippen molar-refractivity contribution in [2.45, 2.75) is 31.3 Å². The number of rotatable bonds is 8. The van der Waals surface area contributed by atoms with E-state index in [0.29, 0.717) is 31.6 Å². The van der Waals surface area contributed by atoms with Crippen molar-refractivity contribution in [1.29, 1.82) is 0 Å². The zero-order valence-corrected chi connectivity index (χ0v) is 13.5. The van der Waals surface area contributed by atoms with Crippen LogP contribution in [0.4, 0.5) is 4.79 Å². The van der Waals surface area contributed by atoms with E-state index in [4.69, 9.17) is 9.47 Å². The van der Waals surface area contributed by atoms with E-state index in [1.807, 2.05) is 6.07 Å². The Hall–Kier alpha value is -1.59. The molecule has 1 aromatic rings. The predicted octanol–water partition coefficient (Wildman–Crippen LogP) is 2.28. The predicted molar refractivity (Wildman–Crippen MR) is 88.5 cm³/mol. The van der Waals surface area contributed by atoms with E-state index in [-0.39, 0.29) is 12.1 Å². The lowest BCUT2D eigenvalue weighted by molar-refractivity contribution is 0.0188. The average Bonchev–Trinajstić information content (AvgIpc) is 3.18. The van der Waals surface area contributed by atoms with Crippen LogP contribution in [0.5, 0.6) is 0 Å². The van der Waals surface area contributed by atoms with Gasteiger partial charge in [-0.2, -0.15) is 0 Å². The molecule has 1 aromatic carbocycles. The maximum absolute atomic E-state index is 11.7. The van der Waals surface area contributed by atoms with Crippen LogP contribution in [0.1, 0.15) is 30.7 Å². The summed E-state index contributed by atoms with van der Waals surface area (Å²) < 4.78 is 11.0. The molecule has 0 unspecified atom stereocenters. The molecule has 2 amide bonds. The van der Waals surface area contributed by atoms with Gasteiger partial charge in [-0.25, -0.2) is 4.79 Å². The molecular formula is C18H26N2O3. The van der Waals surface area contributed by atoms with Gasteiger partial charge in [-0.05, 0) is 36.7 Å². The highest BCUT2D eigenvalue weighted by Gasteiger charge is 2.37. The Morgan fingerprint density at radius 1 is 1.26 bits per heavy atom. The summed E-state index contributed by atoms with van der Waals surface area (Å²) in [5.41, 5.74) is 1.38. The van der Waals surface area contributed by atoms with Crippen molar-refractivity contribution in [2.75, 3.05) is 32.9 Å². The van der Waals surface area contributed by atoms with Crippen molar-refractivity contribution >= 4 is 6.03 Å². The minimum Gasteiger partial charge on any atom is -0.377 e. The van der Waals surface area contributed by atoms with Gasteiger partial charge >= 0.3 is 6.03 Å². The Kier molecular flexibility index (Phi) is 5.88. The van der Waals surface area contributed by atoms with E-state index in [1.54, 1.807) is 0 Å². The highest BCUT2D eigenvalue weighted by Crippen LogP contribution is 2.46. The third-order valence-corrected chi connectivity index (χ3v) is 4.53. The summed E-state index contributed by atoms with van der Waals surface area (Å²) >= 11 is 0. The van der Waals surface area contributed by atoms with Gasteiger partial charge in [-0.15, -0.1) is 0 Å². The second-order valence-electron chi connectivity index (χ2n) is 6.36. The number of amides is 2. The molecule has 23 heavy (non-hydrogen) atoms. The van der Waals surface area contributed by atoms with Gasteiger partial charge in [0.25, 0.3) is 0 Å². The van der Waals surface area contributed by atoms with Crippen LogP contribution in [0.2, 0.25) is 0 Å². The van der Waals surface area contributed by atoms with E-state index in [2.05, 4.69) is 34.9 Å². The molecule has 2 aliphatic rings. The molecule has 2 fully saturated rings. The van der Waals surface area contributed by atoms with Gasteiger partial charge in [0.15, 0.2) is 0 Å². The fourth-order valence-corrected chi connectivity index (χ4v) is 3.10. The SMILES string of the molecule is O=C(NCCOC[C@@H]1CCCO1)NC[C@H]1C[C@H]1c1ccccc1. The number of carbonyl (C=O) groups excluding carboxylic acids is 1. The Morgan fingerprint density at radius 3 is 2.91 bits per heavy atom. The quantitative estimate of drug-likeness (QED) is 0.723. The molecule has 1 saturated heterocycles. The van der Waals surface area contributed by atoms with E-state index >= 15 is 0 Å². The standard InChI is InChI=1S/C18H26N2O3/c21-18(19-8-10-22-13-16-7-4-9-23-16)20-12-15-11-17(15)14-5-2-1-3-6-14/h1-3,5-6,15-17H,4,7-13H2,(H2,19,20,21)/t15-,16+,17+/m1/s1. The first-order valence-electron chi connectivity index (χ1n) is 8.59. The first-order valence-corrected chi connectivity index (χ1v) is 8.59. The monoisotopic (exact) mass is 318 g/mol. The second kappa shape index (κ2) is 8.31. The van der Waals surface area contributed by atoms with Gasteiger partial charge in [-0.1, -0.05) is 30.3 Å². The van der Waals surface area contributed by atoms with Gasteiger partial charge in [0.1, 0.15) is 0 Å². The summed E-state index contributed by atoms with van der Waals surface area (Å²) in [7, 11) is 0. The lowest BCUT2D eigenvalue weighted by atomic mass is 10.1. The summed E-state index contributed by atoms with van der Waals surface area (Å²) in [4.78, 5) is 11.7. The minimum absolute atomic E-state index is 0.107. The number of urea groups is 1. The molecular weight excluding hydrogens is 292 g/mol. The Labute approximate surface area is 137 Å². The molecule has 1 aliphatic carbocycles. The third kappa shape index (κ3) is 5.22. The fraction of sp³-hybridized carbons (Fsp3) is 0.611. The smallest absolute Gasteiger partial charge is 0.314 e. The Bertz CT molecular complexity index is 488. The Morgan fingerprint density at radius 2 is 2.13 bits per heavy atom. The Balaban J connectivity index is 1.21.